The van der Waals surface area contributed by atoms with Gasteiger partial charge in [-0.05, 0) is 11.6 Å². The summed E-state index contributed by atoms with van der Waals surface area (Å²) in [6.45, 7) is 0.0413. The van der Waals surface area contributed by atoms with Gasteiger partial charge in [0, 0.05) is 12.7 Å². The van der Waals surface area contributed by atoms with Gasteiger partial charge in [0.1, 0.15) is 22.6 Å². The van der Waals surface area contributed by atoms with Crippen molar-refractivity contribution in [3.63, 3.8) is 0 Å². The van der Waals surface area contributed by atoms with Crippen molar-refractivity contribution in [2.24, 2.45) is 0 Å². The number of carbonyl (C=O) groups is 2. The molecule has 2 amide bonds. The van der Waals surface area contributed by atoms with Gasteiger partial charge in [0.2, 0.25) is 11.8 Å². The fraction of sp³-hybridized carbons (Fsp3) is 0.429. The Balaban J connectivity index is 1.88. The van der Waals surface area contributed by atoms with E-state index in [-0.39, 0.29) is 18.4 Å². The molecule has 0 aromatic heterocycles. The van der Waals surface area contributed by atoms with Crippen LogP contribution in [0.1, 0.15) is 5.56 Å². The summed E-state index contributed by atoms with van der Waals surface area (Å²) in [5, 5.41) is 14.0. The van der Waals surface area contributed by atoms with Crippen molar-refractivity contribution in [3.8, 4) is 0 Å². The number of carbonyl (C=O) groups excluding carboxylic acids is 2. The van der Waals surface area contributed by atoms with Crippen molar-refractivity contribution in [2.45, 2.75) is 22.6 Å². The van der Waals surface area contributed by atoms with Gasteiger partial charge in [-0.15, -0.1) is 0 Å². The largest absolute Gasteiger partial charge is 0.388 e. The van der Waals surface area contributed by atoms with E-state index in [0.717, 1.165) is 11.3 Å². The normalized spacial score (nSPS) is 37.2. The van der Waals surface area contributed by atoms with Crippen LogP contribution in [0.15, 0.2) is 24.3 Å². The highest BCUT2D eigenvalue weighted by Gasteiger charge is 2.67. The molecule has 2 N–H and O–H groups in total. The predicted molar refractivity (Wildman–Crippen MR) is 78.7 cm³/mol. The third-order valence-electron chi connectivity index (χ3n) is 4.63. The number of amides is 2. The number of likely N-dealkylation sites (N-methyl/N-ethyl adjacent to an activating group) is 1. The number of aliphatic hydroxyl groups excluding tert-OH is 1. The lowest BCUT2D eigenvalue weighted by Gasteiger charge is -2.37. The average molecular weight is 352 g/mol. The molecule has 1 unspecified atom stereocenters. The van der Waals surface area contributed by atoms with Crippen LogP contribution in [-0.4, -0.2) is 58.6 Å². The van der Waals surface area contributed by atoms with Crippen molar-refractivity contribution in [3.05, 3.63) is 29.8 Å². The Morgan fingerprint density at radius 3 is 2.86 bits per heavy atom. The Labute approximate surface area is 129 Å². The first-order chi connectivity index (χ1) is 9.96. The van der Waals surface area contributed by atoms with E-state index in [1.165, 1.54) is 9.80 Å². The Morgan fingerprint density at radius 2 is 2.10 bits per heavy atom. The fourth-order valence-electron chi connectivity index (χ4n) is 3.62. The van der Waals surface area contributed by atoms with Gasteiger partial charge in [-0.2, -0.15) is 0 Å². The minimum Gasteiger partial charge on any atom is -0.388 e. The molecule has 1 aromatic carbocycles. The van der Waals surface area contributed by atoms with Crippen molar-refractivity contribution < 1.29 is 14.7 Å². The molecule has 110 valence electrons. The van der Waals surface area contributed by atoms with Gasteiger partial charge in [-0.1, -0.05) is 34.1 Å². The van der Waals surface area contributed by atoms with Crippen molar-refractivity contribution >= 4 is 33.4 Å². The minimum atomic E-state index is -1.00. The van der Waals surface area contributed by atoms with E-state index in [4.69, 9.17) is 0 Å². The molecule has 4 rings (SSSR count). The molecule has 3 heterocycles. The number of aliphatic hydroxyl groups is 1. The Kier molecular flexibility index (Phi) is 2.48. The summed E-state index contributed by atoms with van der Waals surface area (Å²) >= 11 is 3.62. The van der Waals surface area contributed by atoms with Crippen molar-refractivity contribution in [1.29, 1.82) is 0 Å². The summed E-state index contributed by atoms with van der Waals surface area (Å²) in [6, 6.07) is 6.73. The molecule has 2 fully saturated rings. The first-order valence-electron chi connectivity index (χ1n) is 6.75. The number of hydrogen-bond acceptors (Lipinski definition) is 4. The van der Waals surface area contributed by atoms with Crippen LogP contribution in [0.5, 0.6) is 0 Å². The number of anilines is 1. The second-order valence-corrected chi connectivity index (χ2v) is 7.06. The van der Waals surface area contributed by atoms with Gasteiger partial charge >= 0.3 is 0 Å². The number of fused-ring (bicyclic) bond motifs is 5. The van der Waals surface area contributed by atoms with Crippen LogP contribution < -0.4 is 5.32 Å². The zero-order chi connectivity index (χ0) is 14.9. The standard InChI is InChI=1S/C14H14BrN3O3/c1-17-6-9(19)18-10(12(17)21)11(20)14(15)7-4-2-3-5-8(7)16-13(14)18/h2-5,10-11,13,16,20H,6H2,1H3/t10-,11?,13+,14+/m0/s1. The van der Waals surface area contributed by atoms with Gasteiger partial charge in [-0.25, -0.2) is 0 Å². The molecule has 6 nitrogen and oxygen atoms in total. The quantitative estimate of drug-likeness (QED) is 0.649. The lowest BCUT2D eigenvalue weighted by atomic mass is 9.92. The van der Waals surface area contributed by atoms with Gasteiger partial charge in [0.15, 0.2) is 0 Å². The van der Waals surface area contributed by atoms with Crippen molar-refractivity contribution in [2.75, 3.05) is 18.9 Å². The summed E-state index contributed by atoms with van der Waals surface area (Å²) in [4.78, 5) is 27.6. The minimum absolute atomic E-state index is 0.0413. The highest BCUT2D eigenvalue weighted by molar-refractivity contribution is 9.09. The number of benzene rings is 1. The molecular formula is C14H14BrN3O3. The highest BCUT2D eigenvalue weighted by Crippen LogP contribution is 2.55. The molecule has 21 heavy (non-hydrogen) atoms. The number of nitrogens with one attached hydrogen (secondary N) is 1. The molecule has 0 saturated carbocycles. The van der Waals surface area contributed by atoms with Gasteiger partial charge in [0.25, 0.3) is 0 Å². The predicted octanol–water partition coefficient (Wildman–Crippen LogP) is 0.0721. The first-order valence-corrected chi connectivity index (χ1v) is 7.54. The van der Waals surface area contributed by atoms with E-state index in [1.807, 2.05) is 24.3 Å². The Morgan fingerprint density at radius 1 is 1.38 bits per heavy atom. The smallest absolute Gasteiger partial charge is 0.248 e. The van der Waals surface area contributed by atoms with Crippen molar-refractivity contribution in [1.82, 2.24) is 9.80 Å². The SMILES string of the molecule is CN1CC(=O)N2[C@H](C1=O)C(O)[C@]1(Br)c3ccccc3N[C@H]21. The van der Waals surface area contributed by atoms with Gasteiger partial charge in [-0.3, -0.25) is 9.59 Å². The van der Waals surface area contributed by atoms with Gasteiger partial charge in [0.05, 0.1) is 6.54 Å². The maximum atomic E-state index is 12.4. The second-order valence-electron chi connectivity index (χ2n) is 5.75. The number of alkyl halides is 1. The van der Waals surface area contributed by atoms with Crippen LogP contribution in [0.25, 0.3) is 0 Å². The third-order valence-corrected chi connectivity index (χ3v) is 5.96. The molecule has 2 saturated heterocycles. The summed E-state index contributed by atoms with van der Waals surface area (Å²) in [5.74, 6) is -0.387. The molecule has 0 spiro atoms. The van der Waals surface area contributed by atoms with E-state index in [0.29, 0.717) is 0 Å². The number of hydrogen-bond donors (Lipinski definition) is 2. The number of piperazine rings is 1. The zero-order valence-electron chi connectivity index (χ0n) is 11.3. The summed E-state index contributed by atoms with van der Waals surface area (Å²) in [6.07, 6.45) is -1.46. The molecule has 0 radical (unpaired) electrons. The number of para-hydroxylation sites is 1. The fourth-order valence-corrected chi connectivity index (χ4v) is 4.55. The van der Waals surface area contributed by atoms with Gasteiger partial charge < -0.3 is 20.2 Å². The monoisotopic (exact) mass is 351 g/mol. The lowest BCUT2D eigenvalue weighted by molar-refractivity contribution is -0.156. The Hall–Kier alpha value is -1.60. The van der Waals surface area contributed by atoms with E-state index in [2.05, 4.69) is 21.2 Å². The van der Waals surface area contributed by atoms with Crippen LogP contribution in [-0.2, 0) is 13.9 Å². The molecule has 7 heteroatoms. The summed E-state index contributed by atoms with van der Waals surface area (Å²) < 4.78 is -0.856. The first kappa shape index (κ1) is 13.1. The summed E-state index contributed by atoms with van der Waals surface area (Å²) in [5.41, 5.74) is 1.75. The van der Waals surface area contributed by atoms with Crippen LogP contribution in [0.4, 0.5) is 5.69 Å². The molecule has 1 aromatic rings. The molecular weight excluding hydrogens is 338 g/mol. The average Bonchev–Trinajstić information content (AvgIpc) is 2.87. The summed E-state index contributed by atoms with van der Waals surface area (Å²) in [7, 11) is 1.58. The topological polar surface area (TPSA) is 72.9 Å². The van der Waals surface area contributed by atoms with E-state index >= 15 is 0 Å². The van der Waals surface area contributed by atoms with Crippen LogP contribution in [0.3, 0.4) is 0 Å². The Bertz CT molecular complexity index is 667. The molecule has 0 bridgehead atoms. The van der Waals surface area contributed by atoms with E-state index < -0.39 is 22.6 Å². The highest BCUT2D eigenvalue weighted by atomic mass is 79.9. The van der Waals surface area contributed by atoms with E-state index in [9.17, 15) is 14.7 Å². The lowest BCUT2D eigenvalue weighted by Crippen LogP contribution is -2.61. The molecule has 0 aliphatic carbocycles. The molecule has 3 aliphatic rings. The maximum absolute atomic E-state index is 12.4. The third kappa shape index (κ3) is 1.40. The van der Waals surface area contributed by atoms with Crippen LogP contribution >= 0.6 is 15.9 Å². The number of halogens is 1. The maximum Gasteiger partial charge on any atom is 0.248 e. The number of rotatable bonds is 0. The molecule has 4 atom stereocenters. The molecule has 3 aliphatic heterocycles. The number of nitrogens with zero attached hydrogens (tertiary/aromatic N) is 2. The van der Waals surface area contributed by atoms with Crippen LogP contribution in [0.2, 0.25) is 0 Å². The van der Waals surface area contributed by atoms with E-state index in [1.54, 1.807) is 7.05 Å². The zero-order valence-corrected chi connectivity index (χ0v) is 12.9. The second kappa shape index (κ2) is 3.98. The van der Waals surface area contributed by atoms with Crippen LogP contribution in [0, 0.1) is 0 Å².